The van der Waals surface area contributed by atoms with Crippen LogP contribution in [0.3, 0.4) is 0 Å². The number of halogens is 2. The summed E-state index contributed by atoms with van der Waals surface area (Å²) in [6.45, 7) is 2.56. The second kappa shape index (κ2) is 8.69. The Morgan fingerprint density at radius 2 is 1.86 bits per heavy atom. The fourth-order valence-electron chi connectivity index (χ4n) is 2.96. The van der Waals surface area contributed by atoms with Gasteiger partial charge in [-0.1, -0.05) is 23.2 Å². The van der Waals surface area contributed by atoms with Crippen LogP contribution in [0.25, 0.3) is 0 Å². The number of rotatable bonds is 6. The van der Waals surface area contributed by atoms with E-state index in [9.17, 15) is 13.2 Å². The van der Waals surface area contributed by atoms with E-state index in [1.54, 1.807) is 24.3 Å². The molecule has 0 aliphatic carbocycles. The highest BCUT2D eigenvalue weighted by Crippen LogP contribution is 2.29. The summed E-state index contributed by atoms with van der Waals surface area (Å²) in [5, 5.41) is 3.35. The van der Waals surface area contributed by atoms with Gasteiger partial charge in [-0.05, 0) is 61.7 Å². The molecule has 1 heterocycles. The summed E-state index contributed by atoms with van der Waals surface area (Å²) in [6.07, 6.45) is 1.66. The number of nitrogens with zero attached hydrogens (tertiary/aromatic N) is 1. The van der Waals surface area contributed by atoms with Gasteiger partial charge in [0.25, 0.3) is 5.91 Å². The van der Waals surface area contributed by atoms with Crippen molar-refractivity contribution in [2.24, 2.45) is 0 Å². The smallest absolute Gasteiger partial charge is 0.262 e. The molecule has 0 bridgehead atoms. The van der Waals surface area contributed by atoms with E-state index in [1.165, 1.54) is 16.4 Å². The van der Waals surface area contributed by atoms with Crippen LogP contribution in [0.1, 0.15) is 18.4 Å². The van der Waals surface area contributed by atoms with E-state index in [0.29, 0.717) is 29.5 Å². The van der Waals surface area contributed by atoms with Gasteiger partial charge in [-0.25, -0.2) is 8.42 Å². The number of amides is 1. The van der Waals surface area contributed by atoms with Crippen LogP contribution >= 0.6 is 23.2 Å². The van der Waals surface area contributed by atoms with Crippen LogP contribution in [0, 0.1) is 6.92 Å². The standard InChI is InChI=1S/C19H20Cl2N2O4S/c1-13-10-14(20)4-7-17(13)27-12-19(24)22-15-5-6-16(21)18(11-15)28(25,26)23-8-2-3-9-23/h4-7,10-11H,2-3,8-9,12H2,1H3,(H,22,24). The lowest BCUT2D eigenvalue weighted by Gasteiger charge is -2.17. The lowest BCUT2D eigenvalue weighted by Crippen LogP contribution is -2.28. The maximum Gasteiger partial charge on any atom is 0.262 e. The Labute approximate surface area is 174 Å². The van der Waals surface area contributed by atoms with E-state index in [2.05, 4.69) is 5.32 Å². The largest absolute Gasteiger partial charge is 0.483 e. The molecular formula is C19H20Cl2N2O4S. The summed E-state index contributed by atoms with van der Waals surface area (Å²) in [5.41, 5.74) is 1.15. The molecule has 9 heteroatoms. The van der Waals surface area contributed by atoms with E-state index < -0.39 is 15.9 Å². The zero-order valence-electron chi connectivity index (χ0n) is 15.2. The van der Waals surface area contributed by atoms with Crippen molar-refractivity contribution in [1.82, 2.24) is 4.31 Å². The molecule has 1 fully saturated rings. The number of benzene rings is 2. The van der Waals surface area contributed by atoms with Crippen molar-refractivity contribution in [3.8, 4) is 5.75 Å². The van der Waals surface area contributed by atoms with Crippen molar-refractivity contribution < 1.29 is 17.9 Å². The number of carbonyl (C=O) groups excluding carboxylic acids is 1. The van der Waals surface area contributed by atoms with Crippen LogP contribution in [0.2, 0.25) is 10.0 Å². The summed E-state index contributed by atoms with van der Waals surface area (Å²) < 4.78 is 32.4. The Kier molecular flexibility index (Phi) is 6.50. The molecule has 0 aromatic heterocycles. The first-order chi connectivity index (χ1) is 13.3. The van der Waals surface area contributed by atoms with Crippen LogP contribution in [0.15, 0.2) is 41.3 Å². The number of hydrogen-bond donors (Lipinski definition) is 1. The molecule has 1 N–H and O–H groups in total. The van der Waals surface area contributed by atoms with Crippen LogP contribution in [-0.2, 0) is 14.8 Å². The van der Waals surface area contributed by atoms with E-state index in [-0.39, 0.29) is 16.5 Å². The van der Waals surface area contributed by atoms with Gasteiger partial charge in [0.05, 0.1) is 5.02 Å². The fourth-order valence-corrected chi connectivity index (χ4v) is 5.21. The van der Waals surface area contributed by atoms with Gasteiger partial charge in [-0.2, -0.15) is 4.31 Å². The van der Waals surface area contributed by atoms with Gasteiger partial charge in [0.15, 0.2) is 6.61 Å². The summed E-state index contributed by atoms with van der Waals surface area (Å²) in [6, 6.07) is 9.50. The minimum Gasteiger partial charge on any atom is -0.483 e. The Morgan fingerprint density at radius 1 is 1.14 bits per heavy atom. The first-order valence-corrected chi connectivity index (χ1v) is 11.0. The van der Waals surface area contributed by atoms with Gasteiger partial charge in [-0.3, -0.25) is 4.79 Å². The average Bonchev–Trinajstić information content (AvgIpc) is 3.18. The van der Waals surface area contributed by atoms with Crippen LogP contribution in [-0.4, -0.2) is 38.3 Å². The molecule has 2 aromatic carbocycles. The Hall–Kier alpha value is -1.80. The number of hydrogen-bond acceptors (Lipinski definition) is 4. The third-order valence-electron chi connectivity index (χ3n) is 4.39. The molecule has 0 radical (unpaired) electrons. The number of nitrogens with one attached hydrogen (secondary N) is 1. The predicted octanol–water partition coefficient (Wildman–Crippen LogP) is 4.10. The molecular weight excluding hydrogens is 423 g/mol. The lowest BCUT2D eigenvalue weighted by atomic mass is 10.2. The van der Waals surface area contributed by atoms with Crippen molar-refractivity contribution in [1.29, 1.82) is 0 Å². The molecule has 0 unspecified atom stereocenters. The topological polar surface area (TPSA) is 75.7 Å². The summed E-state index contributed by atoms with van der Waals surface area (Å²) in [7, 11) is -3.69. The summed E-state index contributed by atoms with van der Waals surface area (Å²) in [5.74, 6) is 0.133. The van der Waals surface area contributed by atoms with Crippen molar-refractivity contribution in [3.63, 3.8) is 0 Å². The second-order valence-electron chi connectivity index (χ2n) is 6.50. The SMILES string of the molecule is Cc1cc(Cl)ccc1OCC(=O)Nc1ccc(Cl)c(S(=O)(=O)N2CCCC2)c1. The highest BCUT2D eigenvalue weighted by Gasteiger charge is 2.29. The molecule has 0 saturated carbocycles. The molecule has 28 heavy (non-hydrogen) atoms. The minimum atomic E-state index is -3.69. The number of anilines is 1. The van der Waals surface area contributed by atoms with Gasteiger partial charge in [0, 0.05) is 23.8 Å². The van der Waals surface area contributed by atoms with Crippen LogP contribution < -0.4 is 10.1 Å². The zero-order chi connectivity index (χ0) is 20.3. The van der Waals surface area contributed by atoms with Crippen LogP contribution in [0.5, 0.6) is 5.75 Å². The third-order valence-corrected chi connectivity index (χ3v) is 7.01. The maximum atomic E-state index is 12.8. The number of ether oxygens (including phenoxy) is 1. The van der Waals surface area contributed by atoms with Crippen molar-refractivity contribution in [2.45, 2.75) is 24.7 Å². The maximum absolute atomic E-state index is 12.8. The minimum absolute atomic E-state index is 0.0108. The average molecular weight is 443 g/mol. The Morgan fingerprint density at radius 3 is 2.54 bits per heavy atom. The first kappa shape index (κ1) is 20.9. The van der Waals surface area contributed by atoms with E-state index >= 15 is 0 Å². The number of aryl methyl sites for hydroxylation is 1. The van der Waals surface area contributed by atoms with Gasteiger partial charge >= 0.3 is 0 Å². The second-order valence-corrected chi connectivity index (χ2v) is 9.25. The molecule has 6 nitrogen and oxygen atoms in total. The quantitative estimate of drug-likeness (QED) is 0.730. The molecule has 3 rings (SSSR count). The molecule has 150 valence electrons. The molecule has 2 aromatic rings. The van der Waals surface area contributed by atoms with Crippen molar-refractivity contribution in [2.75, 3.05) is 25.0 Å². The van der Waals surface area contributed by atoms with Crippen LogP contribution in [0.4, 0.5) is 5.69 Å². The monoisotopic (exact) mass is 442 g/mol. The van der Waals surface area contributed by atoms with Gasteiger partial charge in [-0.15, -0.1) is 0 Å². The highest BCUT2D eigenvalue weighted by molar-refractivity contribution is 7.89. The zero-order valence-corrected chi connectivity index (χ0v) is 17.6. The first-order valence-electron chi connectivity index (χ1n) is 8.76. The summed E-state index contributed by atoms with van der Waals surface area (Å²) >= 11 is 12.0. The van der Waals surface area contributed by atoms with Gasteiger partial charge < -0.3 is 10.1 Å². The van der Waals surface area contributed by atoms with E-state index in [0.717, 1.165) is 18.4 Å². The number of carbonyl (C=O) groups is 1. The van der Waals surface area contributed by atoms with E-state index in [4.69, 9.17) is 27.9 Å². The fraction of sp³-hybridized carbons (Fsp3) is 0.316. The molecule has 1 amide bonds. The summed E-state index contributed by atoms with van der Waals surface area (Å²) in [4.78, 5) is 12.2. The molecule has 0 spiro atoms. The lowest BCUT2D eigenvalue weighted by molar-refractivity contribution is -0.118. The molecule has 1 saturated heterocycles. The van der Waals surface area contributed by atoms with Gasteiger partial charge in [0.1, 0.15) is 10.6 Å². The van der Waals surface area contributed by atoms with Gasteiger partial charge in [0.2, 0.25) is 10.0 Å². The highest BCUT2D eigenvalue weighted by atomic mass is 35.5. The van der Waals surface area contributed by atoms with Crippen molar-refractivity contribution in [3.05, 3.63) is 52.0 Å². The Bertz CT molecular complexity index is 989. The molecule has 1 aliphatic heterocycles. The predicted molar refractivity (Wildman–Crippen MR) is 110 cm³/mol. The third kappa shape index (κ3) is 4.78. The normalized spacial score (nSPS) is 14.8. The van der Waals surface area contributed by atoms with Crippen molar-refractivity contribution >= 4 is 44.8 Å². The molecule has 0 atom stereocenters. The van der Waals surface area contributed by atoms with E-state index in [1.807, 2.05) is 6.92 Å². The number of sulfonamides is 1. The Balaban J connectivity index is 1.69. The molecule has 1 aliphatic rings.